The topological polar surface area (TPSA) is 111 Å². The summed E-state index contributed by atoms with van der Waals surface area (Å²) in [6.07, 6.45) is 2.70. The molecule has 2 rings (SSSR count). The molecular formula is C14H12ClN3O4S2. The number of aliphatic carboxylic acids is 1. The van der Waals surface area contributed by atoms with E-state index in [1.165, 1.54) is 39.8 Å². The van der Waals surface area contributed by atoms with Gasteiger partial charge in [-0.2, -0.15) is 5.26 Å². The molecule has 2 heterocycles. The first-order valence-electron chi connectivity index (χ1n) is 6.64. The first-order chi connectivity index (χ1) is 11.5. The van der Waals surface area contributed by atoms with Crippen LogP contribution in [0.3, 0.4) is 0 Å². The Balaban J connectivity index is 2.04. The lowest BCUT2D eigenvalue weighted by Gasteiger charge is -2.49. The molecule has 2 amide bonds. The second-order valence-corrected chi connectivity index (χ2v) is 6.92. The summed E-state index contributed by atoms with van der Waals surface area (Å²) in [6, 6.07) is 1.05. The summed E-state index contributed by atoms with van der Waals surface area (Å²) in [6.45, 7) is 0. The highest BCUT2D eigenvalue weighted by atomic mass is 35.5. The maximum Gasteiger partial charge on any atom is 0.352 e. The molecule has 0 radical (unpaired) electrons. The molecule has 0 bridgehead atoms. The number of carbonyl (C=O) groups excluding carboxylic acids is 2. The SMILES string of the molecule is N#CC=CSCC(=O)NC1C(=O)N2C(C(=O)O)=C(C=CCl)CS[C@@H]12. The molecule has 0 aliphatic carbocycles. The highest BCUT2D eigenvalue weighted by molar-refractivity contribution is 8.02. The van der Waals surface area contributed by atoms with Gasteiger partial charge in [-0.05, 0) is 17.1 Å². The molecular weight excluding hydrogens is 374 g/mol. The standard InChI is InChI=1S/C14H12ClN3O4S2/c15-3-2-8-6-24-13-10(12(20)18(13)11(8)14(21)22)17-9(19)7-23-5-1-4-16/h1-3,5,10,13H,6-7H2,(H,17,19)(H,21,22)/t10?,13-/m0/s1. The third-order valence-electron chi connectivity index (χ3n) is 3.23. The van der Waals surface area contributed by atoms with Gasteiger partial charge < -0.3 is 10.4 Å². The van der Waals surface area contributed by atoms with Crippen molar-refractivity contribution in [1.82, 2.24) is 10.2 Å². The van der Waals surface area contributed by atoms with Crippen molar-refractivity contribution in [3.8, 4) is 6.07 Å². The Kier molecular flexibility index (Phi) is 6.36. The first kappa shape index (κ1) is 18.4. The van der Waals surface area contributed by atoms with Gasteiger partial charge >= 0.3 is 5.97 Å². The van der Waals surface area contributed by atoms with Gasteiger partial charge in [0, 0.05) is 17.4 Å². The number of thioether (sulfide) groups is 2. The van der Waals surface area contributed by atoms with Crippen LogP contribution in [0.5, 0.6) is 0 Å². The zero-order chi connectivity index (χ0) is 17.7. The molecule has 24 heavy (non-hydrogen) atoms. The number of nitrogens with zero attached hydrogens (tertiary/aromatic N) is 2. The molecule has 2 aliphatic rings. The number of carbonyl (C=O) groups is 3. The van der Waals surface area contributed by atoms with Crippen molar-refractivity contribution in [2.45, 2.75) is 11.4 Å². The molecule has 10 heteroatoms. The normalized spacial score (nSPS) is 23.2. The van der Waals surface area contributed by atoms with Gasteiger partial charge in [0.1, 0.15) is 17.1 Å². The fourth-order valence-corrected chi connectivity index (χ4v) is 4.22. The summed E-state index contributed by atoms with van der Waals surface area (Å²) >= 11 is 8.00. The minimum absolute atomic E-state index is 0.0706. The van der Waals surface area contributed by atoms with Gasteiger partial charge in [-0.25, -0.2) is 4.79 Å². The molecule has 1 fully saturated rings. The Labute approximate surface area is 151 Å². The molecule has 2 aliphatic heterocycles. The van der Waals surface area contributed by atoms with Crippen LogP contribution in [0, 0.1) is 11.3 Å². The van der Waals surface area contributed by atoms with Crippen molar-refractivity contribution < 1.29 is 19.5 Å². The summed E-state index contributed by atoms with van der Waals surface area (Å²) in [4.78, 5) is 36.7. The number of allylic oxidation sites excluding steroid dienone is 2. The van der Waals surface area contributed by atoms with E-state index >= 15 is 0 Å². The van der Waals surface area contributed by atoms with Crippen LogP contribution < -0.4 is 5.32 Å². The number of nitriles is 1. The van der Waals surface area contributed by atoms with E-state index in [1.54, 1.807) is 6.07 Å². The number of nitrogens with one attached hydrogen (secondary N) is 1. The number of amides is 2. The predicted octanol–water partition coefficient (Wildman–Crippen LogP) is 1.25. The third kappa shape index (κ3) is 3.77. The maximum absolute atomic E-state index is 12.3. The first-order valence-corrected chi connectivity index (χ1v) is 9.18. The van der Waals surface area contributed by atoms with Crippen molar-refractivity contribution in [2.24, 2.45) is 0 Å². The molecule has 1 unspecified atom stereocenters. The van der Waals surface area contributed by atoms with Gasteiger partial charge in [-0.15, -0.1) is 23.5 Å². The fraction of sp³-hybridized carbons (Fsp3) is 0.286. The van der Waals surface area contributed by atoms with Crippen LogP contribution in [0.15, 0.2) is 34.4 Å². The second kappa shape index (κ2) is 8.28. The van der Waals surface area contributed by atoms with E-state index < -0.39 is 23.3 Å². The summed E-state index contributed by atoms with van der Waals surface area (Å²) in [5.74, 6) is -1.57. The minimum Gasteiger partial charge on any atom is -0.477 e. The fourth-order valence-electron chi connectivity index (χ4n) is 2.26. The van der Waals surface area contributed by atoms with Gasteiger partial charge in [0.25, 0.3) is 5.91 Å². The van der Waals surface area contributed by atoms with Crippen LogP contribution in [0.4, 0.5) is 0 Å². The number of carboxylic acid groups (broad SMARTS) is 1. The van der Waals surface area contributed by atoms with Crippen molar-refractivity contribution in [3.05, 3.63) is 34.4 Å². The molecule has 1 saturated heterocycles. The number of fused-ring (bicyclic) bond motifs is 1. The molecule has 0 aromatic rings. The quantitative estimate of drug-likeness (QED) is 0.522. The van der Waals surface area contributed by atoms with Crippen LogP contribution in [-0.4, -0.2) is 50.7 Å². The van der Waals surface area contributed by atoms with Crippen LogP contribution in [0.1, 0.15) is 0 Å². The molecule has 2 N–H and O–H groups in total. The third-order valence-corrected chi connectivity index (χ3v) is 5.42. The van der Waals surface area contributed by atoms with Crippen LogP contribution in [-0.2, 0) is 14.4 Å². The average Bonchev–Trinajstić information content (AvgIpc) is 2.56. The second-order valence-electron chi connectivity index (χ2n) is 4.67. The van der Waals surface area contributed by atoms with Gasteiger partial charge in [0.05, 0.1) is 11.8 Å². The van der Waals surface area contributed by atoms with Crippen LogP contribution in [0.25, 0.3) is 0 Å². The van der Waals surface area contributed by atoms with E-state index in [-0.39, 0.29) is 17.4 Å². The number of rotatable bonds is 6. The Bertz CT molecular complexity index is 699. The molecule has 0 saturated carbocycles. The van der Waals surface area contributed by atoms with Gasteiger partial charge in [0.15, 0.2) is 0 Å². The molecule has 0 spiro atoms. The van der Waals surface area contributed by atoms with E-state index in [1.807, 2.05) is 0 Å². The lowest BCUT2D eigenvalue weighted by molar-refractivity contribution is -0.150. The number of halogens is 1. The number of carboxylic acids is 1. The number of hydrogen-bond donors (Lipinski definition) is 2. The Morgan fingerprint density at radius 1 is 1.58 bits per heavy atom. The largest absolute Gasteiger partial charge is 0.477 e. The zero-order valence-electron chi connectivity index (χ0n) is 12.1. The average molecular weight is 386 g/mol. The monoisotopic (exact) mass is 385 g/mol. The molecule has 7 nitrogen and oxygen atoms in total. The summed E-state index contributed by atoms with van der Waals surface area (Å²) in [5.41, 5.74) is 1.56. The Morgan fingerprint density at radius 3 is 2.96 bits per heavy atom. The lowest BCUT2D eigenvalue weighted by atomic mass is 10.0. The van der Waals surface area contributed by atoms with Crippen molar-refractivity contribution in [1.29, 1.82) is 5.26 Å². The van der Waals surface area contributed by atoms with E-state index in [0.29, 0.717) is 11.3 Å². The Hall–Kier alpha value is -1.89. The predicted molar refractivity (Wildman–Crippen MR) is 91.9 cm³/mol. The minimum atomic E-state index is -1.21. The highest BCUT2D eigenvalue weighted by Gasteiger charge is 2.53. The van der Waals surface area contributed by atoms with Gasteiger partial charge in [-0.1, -0.05) is 11.6 Å². The van der Waals surface area contributed by atoms with Crippen molar-refractivity contribution >= 4 is 52.9 Å². The zero-order valence-corrected chi connectivity index (χ0v) is 14.5. The van der Waals surface area contributed by atoms with E-state index in [2.05, 4.69) is 5.32 Å². The molecule has 126 valence electrons. The van der Waals surface area contributed by atoms with E-state index in [9.17, 15) is 19.5 Å². The number of hydrogen-bond acceptors (Lipinski definition) is 6. The lowest BCUT2D eigenvalue weighted by Crippen LogP contribution is -2.70. The van der Waals surface area contributed by atoms with E-state index in [4.69, 9.17) is 16.9 Å². The summed E-state index contributed by atoms with van der Waals surface area (Å²) < 4.78 is 0. The van der Waals surface area contributed by atoms with Crippen LogP contribution in [0.2, 0.25) is 0 Å². The molecule has 2 atom stereocenters. The van der Waals surface area contributed by atoms with Crippen molar-refractivity contribution in [3.63, 3.8) is 0 Å². The summed E-state index contributed by atoms with van der Waals surface area (Å²) in [5, 5.41) is 21.3. The summed E-state index contributed by atoms with van der Waals surface area (Å²) in [7, 11) is 0. The highest BCUT2D eigenvalue weighted by Crippen LogP contribution is 2.40. The Morgan fingerprint density at radius 2 is 2.33 bits per heavy atom. The van der Waals surface area contributed by atoms with Crippen molar-refractivity contribution in [2.75, 3.05) is 11.5 Å². The maximum atomic E-state index is 12.3. The smallest absolute Gasteiger partial charge is 0.352 e. The van der Waals surface area contributed by atoms with E-state index in [0.717, 1.165) is 11.8 Å². The van der Waals surface area contributed by atoms with Gasteiger partial charge in [-0.3, -0.25) is 14.5 Å². The molecule has 0 aromatic carbocycles. The van der Waals surface area contributed by atoms with Gasteiger partial charge in [0.2, 0.25) is 5.91 Å². The van der Waals surface area contributed by atoms with Crippen LogP contribution >= 0.6 is 35.1 Å². The molecule has 0 aromatic heterocycles. The number of β-lactam (4-membered cyclic amide) rings is 1.